The maximum absolute atomic E-state index is 14.1. The quantitative estimate of drug-likeness (QED) is 0.266. The van der Waals surface area contributed by atoms with Crippen LogP contribution in [0.2, 0.25) is 0 Å². The van der Waals surface area contributed by atoms with E-state index in [1.54, 1.807) is 20.3 Å². The van der Waals surface area contributed by atoms with Crippen LogP contribution in [0.5, 0.6) is 28.7 Å². The molecule has 0 saturated heterocycles. The van der Waals surface area contributed by atoms with Crippen LogP contribution in [0.25, 0.3) is 0 Å². The van der Waals surface area contributed by atoms with E-state index in [-0.39, 0.29) is 17.2 Å². The fourth-order valence-corrected chi connectivity index (χ4v) is 8.45. The fraction of sp³-hybridized carbons (Fsp3) is 0.308. The predicted octanol–water partition coefficient (Wildman–Crippen LogP) is 5.63. The number of hydrogen-bond donors (Lipinski definition) is 0. The SMILES string of the molecule is COc1cc(P(c2cc(C)c(OC)c(C)c2)c2cc(C)c(OC)c(C)c2)c(I)c2c1OC(F)(F)O2. The lowest BCUT2D eigenvalue weighted by Crippen LogP contribution is -2.26. The standard InChI is InChI=1S/C26H26F2IO5P/c1-13-8-17(9-14(2)22(13)31-6)35(18-10-15(3)23(32-7)16(4)11-18)20-12-19(30-5)24-25(21(20)29)34-26(27,28)33-24/h8-12H,1-7H3. The predicted molar refractivity (Wildman–Crippen MR) is 143 cm³/mol. The molecule has 0 spiro atoms. The van der Waals surface area contributed by atoms with E-state index < -0.39 is 14.2 Å². The summed E-state index contributed by atoms with van der Waals surface area (Å²) in [5.41, 5.74) is 3.97. The molecule has 0 radical (unpaired) electrons. The highest BCUT2D eigenvalue weighted by Gasteiger charge is 2.47. The van der Waals surface area contributed by atoms with Crippen molar-refractivity contribution in [3.8, 4) is 28.7 Å². The fourth-order valence-electron chi connectivity index (χ4n) is 4.53. The van der Waals surface area contributed by atoms with E-state index in [1.807, 2.05) is 27.7 Å². The Labute approximate surface area is 218 Å². The second kappa shape index (κ2) is 9.62. The van der Waals surface area contributed by atoms with Gasteiger partial charge in [0.15, 0.2) is 11.5 Å². The van der Waals surface area contributed by atoms with Gasteiger partial charge in [0, 0.05) is 5.30 Å². The van der Waals surface area contributed by atoms with Crippen LogP contribution in [0.15, 0.2) is 30.3 Å². The normalized spacial score (nSPS) is 13.8. The van der Waals surface area contributed by atoms with Crippen molar-refractivity contribution in [1.82, 2.24) is 0 Å². The molecule has 3 aromatic rings. The molecular formula is C26H26F2IO5P. The molecular weight excluding hydrogens is 588 g/mol. The van der Waals surface area contributed by atoms with Crippen molar-refractivity contribution < 1.29 is 32.5 Å². The number of methoxy groups -OCH3 is 3. The van der Waals surface area contributed by atoms with Crippen LogP contribution in [-0.4, -0.2) is 27.6 Å². The Morgan fingerprint density at radius 2 is 1.14 bits per heavy atom. The van der Waals surface area contributed by atoms with Crippen molar-refractivity contribution in [3.63, 3.8) is 0 Å². The Kier molecular flexibility index (Phi) is 7.08. The summed E-state index contributed by atoms with van der Waals surface area (Å²) in [6.45, 7) is 8.00. The van der Waals surface area contributed by atoms with Gasteiger partial charge >= 0.3 is 6.29 Å². The van der Waals surface area contributed by atoms with Crippen LogP contribution >= 0.6 is 30.5 Å². The van der Waals surface area contributed by atoms with Crippen LogP contribution in [-0.2, 0) is 0 Å². The first kappa shape index (κ1) is 25.8. The van der Waals surface area contributed by atoms with Crippen molar-refractivity contribution in [2.75, 3.05) is 21.3 Å². The molecule has 0 saturated carbocycles. The summed E-state index contributed by atoms with van der Waals surface area (Å²) >= 11 is 2.06. The molecule has 0 fully saturated rings. The zero-order valence-electron chi connectivity index (χ0n) is 20.5. The minimum Gasteiger partial charge on any atom is -0.496 e. The molecule has 186 valence electrons. The Bertz CT molecular complexity index is 1210. The topological polar surface area (TPSA) is 46.2 Å². The van der Waals surface area contributed by atoms with Gasteiger partial charge in [0.1, 0.15) is 11.5 Å². The number of fused-ring (bicyclic) bond motifs is 1. The Hall–Kier alpha value is -2.32. The minimum atomic E-state index is -3.75. The number of benzene rings is 3. The maximum Gasteiger partial charge on any atom is 0.586 e. The number of hydrogen-bond acceptors (Lipinski definition) is 5. The van der Waals surface area contributed by atoms with Crippen molar-refractivity contribution in [2.24, 2.45) is 0 Å². The van der Waals surface area contributed by atoms with E-state index in [0.29, 0.717) is 3.57 Å². The molecule has 0 aromatic heterocycles. The van der Waals surface area contributed by atoms with Gasteiger partial charge in [-0.1, -0.05) is 0 Å². The van der Waals surface area contributed by atoms with Crippen LogP contribution < -0.4 is 39.6 Å². The first-order chi connectivity index (χ1) is 16.5. The number of rotatable bonds is 6. The van der Waals surface area contributed by atoms with Gasteiger partial charge in [-0.2, -0.15) is 0 Å². The summed E-state index contributed by atoms with van der Waals surface area (Å²) in [6.07, 6.45) is -3.75. The van der Waals surface area contributed by atoms with Gasteiger partial charge in [-0.15, -0.1) is 8.78 Å². The molecule has 35 heavy (non-hydrogen) atoms. The lowest BCUT2D eigenvalue weighted by molar-refractivity contribution is -0.287. The molecule has 0 unspecified atom stereocenters. The molecule has 0 amide bonds. The zero-order chi connectivity index (χ0) is 25.7. The Morgan fingerprint density at radius 1 is 0.714 bits per heavy atom. The number of alkyl halides is 2. The average Bonchev–Trinajstić information content (AvgIpc) is 3.11. The van der Waals surface area contributed by atoms with E-state index in [4.69, 9.17) is 23.7 Å². The lowest BCUT2D eigenvalue weighted by Gasteiger charge is -2.25. The summed E-state index contributed by atoms with van der Waals surface area (Å²) in [5.74, 6) is 1.74. The van der Waals surface area contributed by atoms with Crippen LogP contribution in [0.1, 0.15) is 22.3 Å². The molecule has 1 heterocycles. The average molecular weight is 614 g/mol. The third kappa shape index (κ3) is 4.62. The summed E-state index contributed by atoms with van der Waals surface area (Å²) in [4.78, 5) is 0. The van der Waals surface area contributed by atoms with Crippen LogP contribution in [0.3, 0.4) is 0 Å². The molecule has 9 heteroatoms. The van der Waals surface area contributed by atoms with Crippen LogP contribution in [0, 0.1) is 31.3 Å². The molecule has 1 aliphatic rings. The van der Waals surface area contributed by atoms with Gasteiger partial charge in [-0.05, 0) is 121 Å². The van der Waals surface area contributed by atoms with Crippen molar-refractivity contribution in [2.45, 2.75) is 34.0 Å². The molecule has 1 aliphatic heterocycles. The first-order valence-corrected chi connectivity index (χ1v) is 13.2. The lowest BCUT2D eigenvalue weighted by atomic mass is 10.1. The summed E-state index contributed by atoms with van der Waals surface area (Å²) < 4.78 is 55.0. The molecule has 5 nitrogen and oxygen atoms in total. The van der Waals surface area contributed by atoms with Gasteiger partial charge in [0.25, 0.3) is 0 Å². The van der Waals surface area contributed by atoms with Crippen molar-refractivity contribution >= 4 is 46.4 Å². The third-order valence-electron chi connectivity index (χ3n) is 5.84. The van der Waals surface area contributed by atoms with Gasteiger partial charge < -0.3 is 23.7 Å². The van der Waals surface area contributed by atoms with E-state index >= 15 is 0 Å². The highest BCUT2D eigenvalue weighted by molar-refractivity contribution is 14.1. The zero-order valence-corrected chi connectivity index (χ0v) is 23.6. The number of ether oxygens (including phenoxy) is 5. The second-order valence-electron chi connectivity index (χ2n) is 8.30. The monoisotopic (exact) mass is 614 g/mol. The smallest absolute Gasteiger partial charge is 0.496 e. The maximum atomic E-state index is 14.1. The Balaban J connectivity index is 2.03. The van der Waals surface area contributed by atoms with E-state index in [2.05, 4.69) is 46.9 Å². The molecule has 0 bridgehead atoms. The molecule has 4 rings (SSSR count). The third-order valence-corrected chi connectivity index (χ3v) is 9.72. The number of aryl methyl sites for hydroxylation is 4. The summed E-state index contributed by atoms with van der Waals surface area (Å²) in [7, 11) is 3.53. The van der Waals surface area contributed by atoms with Gasteiger partial charge in [-0.25, -0.2) is 0 Å². The first-order valence-electron chi connectivity index (χ1n) is 10.8. The summed E-state index contributed by atoms with van der Waals surface area (Å²) in [6, 6.07) is 10.1. The van der Waals surface area contributed by atoms with Crippen LogP contribution in [0.4, 0.5) is 8.78 Å². The minimum absolute atomic E-state index is 0.0126. The molecule has 0 aliphatic carbocycles. The van der Waals surface area contributed by atoms with E-state index in [1.165, 1.54) is 7.11 Å². The van der Waals surface area contributed by atoms with Crippen molar-refractivity contribution in [1.29, 1.82) is 0 Å². The van der Waals surface area contributed by atoms with Gasteiger partial charge in [-0.3, -0.25) is 0 Å². The van der Waals surface area contributed by atoms with Gasteiger partial charge in [0.2, 0.25) is 5.75 Å². The largest absolute Gasteiger partial charge is 0.586 e. The number of halogens is 3. The van der Waals surface area contributed by atoms with Gasteiger partial charge in [0.05, 0.1) is 24.9 Å². The van der Waals surface area contributed by atoms with Crippen molar-refractivity contribution in [3.05, 3.63) is 56.2 Å². The molecule has 0 atom stereocenters. The van der Waals surface area contributed by atoms with E-state index in [9.17, 15) is 8.78 Å². The summed E-state index contributed by atoms with van der Waals surface area (Å²) in [5, 5.41) is 2.92. The second-order valence-corrected chi connectivity index (χ2v) is 11.6. The molecule has 0 N–H and O–H groups in total. The highest BCUT2D eigenvalue weighted by atomic mass is 127. The highest BCUT2D eigenvalue weighted by Crippen LogP contribution is 2.52. The Morgan fingerprint density at radius 3 is 1.54 bits per heavy atom. The molecule has 3 aromatic carbocycles. The van der Waals surface area contributed by atoms with E-state index in [0.717, 1.165) is 49.7 Å².